The van der Waals surface area contributed by atoms with Crippen molar-refractivity contribution in [2.45, 2.75) is 19.5 Å². The number of nitrogens with zero attached hydrogens (tertiary/aromatic N) is 4. The summed E-state index contributed by atoms with van der Waals surface area (Å²) in [4.78, 5) is 10.5. The van der Waals surface area contributed by atoms with E-state index in [9.17, 15) is 0 Å². The minimum atomic E-state index is 0.410. The van der Waals surface area contributed by atoms with E-state index >= 15 is 0 Å². The summed E-state index contributed by atoms with van der Waals surface area (Å²) in [6.07, 6.45) is 3.50. The fraction of sp³-hybridized carbons (Fsp3) is 0.455. The van der Waals surface area contributed by atoms with Crippen molar-refractivity contribution in [2.24, 2.45) is 0 Å². The van der Waals surface area contributed by atoms with Crippen LogP contribution in [0.1, 0.15) is 6.92 Å². The van der Waals surface area contributed by atoms with Crippen molar-refractivity contribution in [1.29, 1.82) is 0 Å². The minimum absolute atomic E-state index is 0.410. The SMILES string of the molecule is CC(Cn1c(N)nc2cnccc21)N(C)C. The van der Waals surface area contributed by atoms with Crippen LogP contribution in [0.15, 0.2) is 18.5 Å². The highest BCUT2D eigenvalue weighted by Gasteiger charge is 2.12. The van der Waals surface area contributed by atoms with Crippen LogP contribution in [0.2, 0.25) is 0 Å². The zero-order chi connectivity index (χ0) is 11.7. The summed E-state index contributed by atoms with van der Waals surface area (Å²) >= 11 is 0. The number of hydrogen-bond donors (Lipinski definition) is 1. The highest BCUT2D eigenvalue weighted by Crippen LogP contribution is 2.17. The van der Waals surface area contributed by atoms with Crippen LogP contribution in [0.5, 0.6) is 0 Å². The molecule has 2 heterocycles. The van der Waals surface area contributed by atoms with Gasteiger partial charge in [0.2, 0.25) is 5.95 Å². The third-order valence-corrected chi connectivity index (χ3v) is 2.91. The monoisotopic (exact) mass is 219 g/mol. The van der Waals surface area contributed by atoms with Crippen LogP contribution in [0.3, 0.4) is 0 Å². The van der Waals surface area contributed by atoms with Crippen LogP contribution in [0, 0.1) is 0 Å². The minimum Gasteiger partial charge on any atom is -0.369 e. The van der Waals surface area contributed by atoms with Gasteiger partial charge in [-0.15, -0.1) is 0 Å². The summed E-state index contributed by atoms with van der Waals surface area (Å²) in [5.74, 6) is 0.552. The molecule has 0 amide bonds. The van der Waals surface area contributed by atoms with E-state index in [1.54, 1.807) is 12.4 Å². The molecule has 16 heavy (non-hydrogen) atoms. The van der Waals surface area contributed by atoms with Crippen LogP contribution in [0.25, 0.3) is 11.0 Å². The van der Waals surface area contributed by atoms with Gasteiger partial charge in [-0.05, 0) is 27.1 Å². The van der Waals surface area contributed by atoms with Crippen LogP contribution in [-0.4, -0.2) is 39.6 Å². The van der Waals surface area contributed by atoms with Crippen molar-refractivity contribution >= 4 is 17.0 Å². The Hall–Kier alpha value is -1.62. The molecule has 0 saturated carbocycles. The van der Waals surface area contributed by atoms with Gasteiger partial charge in [0.15, 0.2) is 0 Å². The molecule has 0 radical (unpaired) electrons. The number of aromatic nitrogens is 3. The molecule has 0 aliphatic carbocycles. The Morgan fingerprint density at radius 3 is 2.94 bits per heavy atom. The Bertz CT molecular complexity index is 488. The van der Waals surface area contributed by atoms with E-state index in [0.29, 0.717) is 12.0 Å². The molecule has 5 heteroatoms. The number of hydrogen-bond acceptors (Lipinski definition) is 4. The third-order valence-electron chi connectivity index (χ3n) is 2.91. The lowest BCUT2D eigenvalue weighted by Crippen LogP contribution is -2.29. The summed E-state index contributed by atoms with van der Waals surface area (Å²) in [6.45, 7) is 2.99. The molecule has 2 N–H and O–H groups in total. The van der Waals surface area contributed by atoms with E-state index in [0.717, 1.165) is 17.6 Å². The van der Waals surface area contributed by atoms with Gasteiger partial charge in [0, 0.05) is 18.8 Å². The van der Waals surface area contributed by atoms with Crippen molar-refractivity contribution in [1.82, 2.24) is 19.4 Å². The predicted octanol–water partition coefficient (Wildman–Crippen LogP) is 0.964. The average Bonchev–Trinajstić information content (AvgIpc) is 2.55. The largest absolute Gasteiger partial charge is 0.369 e. The summed E-state index contributed by atoms with van der Waals surface area (Å²) < 4.78 is 2.03. The van der Waals surface area contributed by atoms with E-state index in [1.807, 2.05) is 10.6 Å². The highest BCUT2D eigenvalue weighted by molar-refractivity contribution is 5.77. The lowest BCUT2D eigenvalue weighted by atomic mass is 10.3. The van der Waals surface area contributed by atoms with Crippen LogP contribution in [-0.2, 0) is 6.54 Å². The Kier molecular flexibility index (Phi) is 2.78. The molecule has 0 aliphatic rings. The maximum absolute atomic E-state index is 5.91. The van der Waals surface area contributed by atoms with Gasteiger partial charge in [-0.3, -0.25) is 4.98 Å². The molecule has 0 aromatic carbocycles. The van der Waals surface area contributed by atoms with Gasteiger partial charge < -0.3 is 15.2 Å². The first-order valence-corrected chi connectivity index (χ1v) is 5.31. The summed E-state index contributed by atoms with van der Waals surface area (Å²) in [5, 5.41) is 0. The number of pyridine rings is 1. The van der Waals surface area contributed by atoms with E-state index in [4.69, 9.17) is 5.73 Å². The van der Waals surface area contributed by atoms with Crippen molar-refractivity contribution in [3.63, 3.8) is 0 Å². The predicted molar refractivity (Wildman–Crippen MR) is 65.1 cm³/mol. The Morgan fingerprint density at radius 1 is 1.50 bits per heavy atom. The van der Waals surface area contributed by atoms with Gasteiger partial charge in [-0.1, -0.05) is 0 Å². The zero-order valence-corrected chi connectivity index (χ0v) is 9.88. The number of nitrogens with two attached hydrogens (primary N) is 1. The van der Waals surface area contributed by atoms with Gasteiger partial charge in [0.1, 0.15) is 5.52 Å². The van der Waals surface area contributed by atoms with E-state index < -0.39 is 0 Å². The first kappa shape index (κ1) is 10.9. The number of rotatable bonds is 3. The smallest absolute Gasteiger partial charge is 0.201 e. The Labute approximate surface area is 94.9 Å². The standard InChI is InChI=1S/C11H17N5/c1-8(15(2)3)7-16-10-4-5-13-6-9(10)14-11(16)12/h4-6,8H,7H2,1-3H3,(H2,12,14). The quantitative estimate of drug-likeness (QED) is 0.835. The highest BCUT2D eigenvalue weighted by atomic mass is 15.2. The fourth-order valence-electron chi connectivity index (χ4n) is 1.62. The summed E-state index contributed by atoms with van der Waals surface area (Å²) in [5.41, 5.74) is 7.80. The molecular weight excluding hydrogens is 202 g/mol. The van der Waals surface area contributed by atoms with Crippen LogP contribution < -0.4 is 5.73 Å². The molecule has 0 spiro atoms. The second kappa shape index (κ2) is 4.09. The summed E-state index contributed by atoms with van der Waals surface area (Å²) in [7, 11) is 4.11. The molecule has 5 nitrogen and oxygen atoms in total. The molecule has 2 aromatic heterocycles. The average molecular weight is 219 g/mol. The van der Waals surface area contributed by atoms with Crippen molar-refractivity contribution in [3.05, 3.63) is 18.5 Å². The molecule has 1 atom stereocenters. The fourth-order valence-corrected chi connectivity index (χ4v) is 1.62. The van der Waals surface area contributed by atoms with Crippen molar-refractivity contribution < 1.29 is 0 Å². The van der Waals surface area contributed by atoms with E-state index in [1.165, 1.54) is 0 Å². The molecular formula is C11H17N5. The topological polar surface area (TPSA) is 60.0 Å². The molecule has 2 aromatic rings. The molecule has 1 unspecified atom stereocenters. The third kappa shape index (κ3) is 1.86. The second-order valence-corrected chi connectivity index (χ2v) is 4.26. The van der Waals surface area contributed by atoms with E-state index in [-0.39, 0.29) is 0 Å². The Morgan fingerprint density at radius 2 is 2.25 bits per heavy atom. The molecule has 0 bridgehead atoms. The first-order chi connectivity index (χ1) is 7.59. The van der Waals surface area contributed by atoms with Crippen molar-refractivity contribution in [3.8, 4) is 0 Å². The lowest BCUT2D eigenvalue weighted by Gasteiger charge is -2.20. The van der Waals surface area contributed by atoms with Gasteiger partial charge in [-0.25, -0.2) is 4.98 Å². The van der Waals surface area contributed by atoms with Gasteiger partial charge >= 0.3 is 0 Å². The number of imidazole rings is 1. The zero-order valence-electron chi connectivity index (χ0n) is 9.88. The Balaban J connectivity index is 2.40. The lowest BCUT2D eigenvalue weighted by molar-refractivity contribution is 0.287. The molecule has 2 rings (SSSR count). The number of nitrogen functional groups attached to an aromatic ring is 1. The van der Waals surface area contributed by atoms with Crippen LogP contribution in [0.4, 0.5) is 5.95 Å². The van der Waals surface area contributed by atoms with Crippen molar-refractivity contribution in [2.75, 3.05) is 19.8 Å². The normalized spacial score (nSPS) is 13.5. The molecule has 0 saturated heterocycles. The second-order valence-electron chi connectivity index (χ2n) is 4.26. The molecule has 86 valence electrons. The molecule has 0 fully saturated rings. The molecule has 0 aliphatic heterocycles. The van der Waals surface area contributed by atoms with Gasteiger partial charge in [0.25, 0.3) is 0 Å². The van der Waals surface area contributed by atoms with Gasteiger partial charge in [-0.2, -0.15) is 0 Å². The maximum Gasteiger partial charge on any atom is 0.201 e. The van der Waals surface area contributed by atoms with Gasteiger partial charge in [0.05, 0.1) is 11.7 Å². The van der Waals surface area contributed by atoms with E-state index in [2.05, 4.69) is 35.9 Å². The van der Waals surface area contributed by atoms with Crippen LogP contribution >= 0.6 is 0 Å². The number of anilines is 1. The first-order valence-electron chi connectivity index (χ1n) is 5.31. The maximum atomic E-state index is 5.91. The number of fused-ring (bicyclic) bond motifs is 1. The number of likely N-dealkylation sites (N-methyl/N-ethyl adjacent to an activating group) is 1. The summed E-state index contributed by atoms with van der Waals surface area (Å²) in [6, 6.07) is 2.36.